The predicted molar refractivity (Wildman–Crippen MR) is 87.2 cm³/mol. The van der Waals surface area contributed by atoms with Crippen molar-refractivity contribution in [2.24, 2.45) is 0 Å². The molecule has 0 aliphatic carbocycles. The van der Waals surface area contributed by atoms with Gasteiger partial charge in [0.1, 0.15) is 0 Å². The van der Waals surface area contributed by atoms with Crippen molar-refractivity contribution in [3.05, 3.63) is 28.3 Å². The van der Waals surface area contributed by atoms with E-state index in [0.717, 1.165) is 16.6 Å². The van der Waals surface area contributed by atoms with E-state index in [-0.39, 0.29) is 34.3 Å². The molecule has 1 fully saturated rings. The van der Waals surface area contributed by atoms with Crippen LogP contribution in [0.2, 0.25) is 0 Å². The zero-order valence-electron chi connectivity index (χ0n) is 12.1. The van der Waals surface area contributed by atoms with Crippen molar-refractivity contribution in [2.45, 2.75) is 24.1 Å². The van der Waals surface area contributed by atoms with Crippen LogP contribution in [0.15, 0.2) is 27.2 Å². The quantitative estimate of drug-likeness (QED) is 0.764. The van der Waals surface area contributed by atoms with E-state index in [1.54, 1.807) is 11.3 Å². The third-order valence-electron chi connectivity index (χ3n) is 3.37. The smallest absolute Gasteiger partial charge is 0.277 e. The molecule has 23 heavy (non-hydrogen) atoms. The van der Waals surface area contributed by atoms with E-state index >= 15 is 0 Å². The molecule has 0 bridgehead atoms. The number of amides is 1. The maximum atomic E-state index is 11.8. The SMILES string of the molecule is O=C(CSc1nnc([C@@H]2CCS(=O)(=O)C2)o1)NCc1cccs1. The highest BCUT2D eigenvalue weighted by atomic mass is 32.2. The Morgan fingerprint density at radius 2 is 2.35 bits per heavy atom. The molecule has 0 aromatic carbocycles. The number of thioether (sulfide) groups is 1. The Balaban J connectivity index is 1.46. The Hall–Kier alpha value is -1.39. The zero-order valence-corrected chi connectivity index (χ0v) is 14.5. The molecule has 0 spiro atoms. The highest BCUT2D eigenvalue weighted by Crippen LogP contribution is 2.29. The van der Waals surface area contributed by atoms with Crippen molar-refractivity contribution in [2.75, 3.05) is 17.3 Å². The topological polar surface area (TPSA) is 102 Å². The molecule has 0 radical (unpaired) electrons. The number of thiophene rings is 1. The van der Waals surface area contributed by atoms with Gasteiger partial charge in [-0.15, -0.1) is 21.5 Å². The van der Waals surface area contributed by atoms with Crippen molar-refractivity contribution in [1.29, 1.82) is 0 Å². The Bertz CT molecular complexity index is 770. The molecule has 10 heteroatoms. The number of hydrogen-bond donors (Lipinski definition) is 1. The van der Waals surface area contributed by atoms with E-state index in [1.165, 1.54) is 0 Å². The molecule has 1 amide bonds. The van der Waals surface area contributed by atoms with Crippen LogP contribution < -0.4 is 5.32 Å². The predicted octanol–water partition coefficient (Wildman–Crippen LogP) is 1.44. The number of nitrogens with one attached hydrogen (secondary N) is 1. The maximum Gasteiger partial charge on any atom is 0.277 e. The Labute approximate surface area is 141 Å². The Kier molecular flexibility index (Phi) is 5.02. The van der Waals surface area contributed by atoms with Crippen molar-refractivity contribution in [3.63, 3.8) is 0 Å². The Morgan fingerprint density at radius 3 is 3.04 bits per heavy atom. The third-order valence-corrected chi connectivity index (χ3v) is 6.83. The summed E-state index contributed by atoms with van der Waals surface area (Å²) in [6.07, 6.45) is 0.510. The van der Waals surface area contributed by atoms with E-state index in [2.05, 4.69) is 15.5 Å². The van der Waals surface area contributed by atoms with Crippen LogP contribution >= 0.6 is 23.1 Å². The minimum Gasteiger partial charge on any atom is -0.416 e. The molecule has 3 rings (SSSR count). The number of aromatic nitrogens is 2. The van der Waals surface area contributed by atoms with Gasteiger partial charge in [-0.25, -0.2) is 8.42 Å². The van der Waals surface area contributed by atoms with Crippen LogP contribution in [0, 0.1) is 0 Å². The summed E-state index contributed by atoms with van der Waals surface area (Å²) >= 11 is 2.73. The van der Waals surface area contributed by atoms with Crippen LogP contribution in [0.25, 0.3) is 0 Å². The van der Waals surface area contributed by atoms with E-state index in [0.29, 0.717) is 18.9 Å². The van der Waals surface area contributed by atoms with Crippen molar-refractivity contribution < 1.29 is 17.6 Å². The van der Waals surface area contributed by atoms with Gasteiger partial charge in [-0.3, -0.25) is 4.79 Å². The van der Waals surface area contributed by atoms with Gasteiger partial charge >= 0.3 is 0 Å². The van der Waals surface area contributed by atoms with Crippen LogP contribution in [0.3, 0.4) is 0 Å². The second-order valence-corrected chi connectivity index (χ2v) is 9.34. The average molecular weight is 373 g/mol. The third kappa shape index (κ3) is 4.55. The standard InChI is InChI=1S/C13H15N3O4S3/c17-11(14-6-10-2-1-4-21-10)7-22-13-16-15-12(20-13)9-3-5-23(18,19)8-9/h1-2,4,9H,3,5-8H2,(H,14,17)/t9-/m1/s1. The van der Waals surface area contributed by atoms with Gasteiger partial charge in [0.2, 0.25) is 11.8 Å². The first-order valence-corrected chi connectivity index (χ1v) is 10.7. The number of nitrogens with zero attached hydrogens (tertiary/aromatic N) is 2. The highest BCUT2D eigenvalue weighted by Gasteiger charge is 2.32. The fourth-order valence-corrected chi connectivity index (χ4v) is 5.19. The largest absolute Gasteiger partial charge is 0.416 e. The number of hydrogen-bond acceptors (Lipinski definition) is 8. The van der Waals surface area contributed by atoms with Crippen molar-refractivity contribution in [1.82, 2.24) is 15.5 Å². The molecule has 2 aromatic heterocycles. The first-order chi connectivity index (χ1) is 11.0. The summed E-state index contributed by atoms with van der Waals surface area (Å²) in [5.41, 5.74) is 0. The normalized spacial score (nSPS) is 19.7. The molecular weight excluding hydrogens is 358 g/mol. The molecule has 124 valence electrons. The van der Waals surface area contributed by atoms with E-state index in [9.17, 15) is 13.2 Å². The zero-order chi connectivity index (χ0) is 16.3. The summed E-state index contributed by atoms with van der Waals surface area (Å²) in [5, 5.41) is 12.8. The lowest BCUT2D eigenvalue weighted by Crippen LogP contribution is -2.24. The molecule has 0 saturated carbocycles. The van der Waals surface area contributed by atoms with Crippen molar-refractivity contribution >= 4 is 38.8 Å². The molecule has 1 atom stereocenters. The minimum atomic E-state index is -2.99. The number of sulfone groups is 1. The van der Waals surface area contributed by atoms with Crippen LogP contribution in [0.4, 0.5) is 0 Å². The monoisotopic (exact) mass is 373 g/mol. The van der Waals surface area contributed by atoms with Gasteiger partial charge in [0.25, 0.3) is 5.22 Å². The highest BCUT2D eigenvalue weighted by molar-refractivity contribution is 7.99. The molecule has 1 aliphatic heterocycles. The molecule has 7 nitrogen and oxygen atoms in total. The fourth-order valence-electron chi connectivity index (χ4n) is 2.21. The second kappa shape index (κ2) is 7.02. The molecule has 1 aliphatic rings. The van der Waals surface area contributed by atoms with Gasteiger partial charge in [0.05, 0.1) is 29.7 Å². The van der Waals surface area contributed by atoms with Crippen LogP contribution in [-0.4, -0.2) is 41.8 Å². The molecular formula is C13H15N3O4S3. The Morgan fingerprint density at radius 1 is 1.48 bits per heavy atom. The number of carbonyl (C=O) groups is 1. The molecule has 1 N–H and O–H groups in total. The van der Waals surface area contributed by atoms with E-state index < -0.39 is 9.84 Å². The fraction of sp³-hybridized carbons (Fsp3) is 0.462. The second-order valence-electron chi connectivity index (χ2n) is 5.15. The molecule has 3 heterocycles. The van der Waals surface area contributed by atoms with Crippen LogP contribution in [0.5, 0.6) is 0 Å². The van der Waals surface area contributed by atoms with E-state index in [4.69, 9.17) is 4.42 Å². The summed E-state index contributed by atoms with van der Waals surface area (Å²) in [4.78, 5) is 12.9. The van der Waals surface area contributed by atoms with Crippen LogP contribution in [0.1, 0.15) is 23.1 Å². The minimum absolute atomic E-state index is 0.0562. The average Bonchev–Trinajstić information content (AvgIpc) is 3.23. The van der Waals surface area contributed by atoms with E-state index in [1.807, 2.05) is 17.5 Å². The van der Waals surface area contributed by atoms with Gasteiger partial charge in [0.15, 0.2) is 9.84 Å². The molecule has 1 saturated heterocycles. The lowest BCUT2D eigenvalue weighted by atomic mass is 10.1. The van der Waals surface area contributed by atoms with Crippen LogP contribution in [-0.2, 0) is 21.2 Å². The maximum absolute atomic E-state index is 11.8. The first-order valence-electron chi connectivity index (χ1n) is 6.97. The first kappa shape index (κ1) is 16.5. The van der Waals surface area contributed by atoms with Gasteiger partial charge < -0.3 is 9.73 Å². The molecule has 2 aromatic rings. The number of rotatable bonds is 6. The summed E-state index contributed by atoms with van der Waals surface area (Å²) in [5.74, 6) is 0.387. The number of carbonyl (C=O) groups excluding carboxylic acids is 1. The van der Waals surface area contributed by atoms with Gasteiger partial charge in [-0.2, -0.15) is 0 Å². The van der Waals surface area contributed by atoms with Crippen molar-refractivity contribution in [3.8, 4) is 0 Å². The lowest BCUT2D eigenvalue weighted by molar-refractivity contribution is -0.118. The summed E-state index contributed by atoms with van der Waals surface area (Å²) in [6.45, 7) is 0.506. The van der Waals surface area contributed by atoms with Gasteiger partial charge in [-0.1, -0.05) is 17.8 Å². The van der Waals surface area contributed by atoms with Gasteiger partial charge in [-0.05, 0) is 17.9 Å². The summed E-state index contributed by atoms with van der Waals surface area (Å²) in [6, 6.07) is 3.89. The molecule has 0 unspecified atom stereocenters. The van der Waals surface area contributed by atoms with Gasteiger partial charge in [0, 0.05) is 4.88 Å². The lowest BCUT2D eigenvalue weighted by Gasteiger charge is -2.01. The summed E-state index contributed by atoms with van der Waals surface area (Å²) in [7, 11) is -2.99. The summed E-state index contributed by atoms with van der Waals surface area (Å²) < 4.78 is 28.4.